The van der Waals surface area contributed by atoms with E-state index in [1.807, 2.05) is 6.92 Å². The molecule has 2 amide bonds. The van der Waals surface area contributed by atoms with E-state index >= 15 is 0 Å². The van der Waals surface area contributed by atoms with Gasteiger partial charge < -0.3 is 9.47 Å². The molecule has 0 aromatic heterocycles. The van der Waals surface area contributed by atoms with E-state index in [1.54, 1.807) is 53.7 Å². The molecule has 1 aliphatic rings. The smallest absolute Gasteiger partial charge is 0.419 e. The minimum absolute atomic E-state index is 0.0638. The maximum absolute atomic E-state index is 12.6. The van der Waals surface area contributed by atoms with Crippen molar-refractivity contribution in [2.75, 3.05) is 6.54 Å². The van der Waals surface area contributed by atoms with Crippen molar-refractivity contribution >= 4 is 22.3 Å². The van der Waals surface area contributed by atoms with Gasteiger partial charge in [0.15, 0.2) is 0 Å². The van der Waals surface area contributed by atoms with Gasteiger partial charge in [-0.1, -0.05) is 17.7 Å². The highest BCUT2D eigenvalue weighted by Crippen LogP contribution is 2.34. The number of nitrogens with zero attached hydrogens (tertiary/aromatic N) is 1. The maximum atomic E-state index is 12.6. The second kappa shape index (κ2) is 9.16. The molecule has 1 aromatic rings. The molecule has 0 saturated heterocycles. The summed E-state index contributed by atoms with van der Waals surface area (Å²) in [5.74, 6) is -0.113. The molecule has 2 rings (SSSR count). The van der Waals surface area contributed by atoms with Crippen LogP contribution in [0.15, 0.2) is 29.2 Å². The van der Waals surface area contributed by atoms with Gasteiger partial charge in [0.1, 0.15) is 11.2 Å². The summed E-state index contributed by atoms with van der Waals surface area (Å²) in [5.41, 5.74) is -0.595. The van der Waals surface area contributed by atoms with Crippen LogP contribution in [0.3, 0.4) is 0 Å². The van der Waals surface area contributed by atoms with Gasteiger partial charge in [-0.05, 0) is 79.4 Å². The van der Waals surface area contributed by atoms with Crippen LogP contribution in [0.25, 0.3) is 0 Å². The van der Waals surface area contributed by atoms with E-state index in [1.165, 1.54) is 12.1 Å². The zero-order chi connectivity index (χ0) is 23.6. The average molecular weight is 456 g/mol. The number of ether oxygens (including phenoxy) is 2. The third-order valence-corrected chi connectivity index (χ3v) is 5.81. The van der Waals surface area contributed by atoms with Crippen molar-refractivity contribution in [2.45, 2.75) is 83.5 Å². The van der Waals surface area contributed by atoms with Crippen LogP contribution < -0.4 is 0 Å². The Morgan fingerprint density at radius 1 is 0.935 bits per heavy atom. The van der Waals surface area contributed by atoms with Crippen molar-refractivity contribution in [3.63, 3.8) is 0 Å². The zero-order valence-corrected chi connectivity index (χ0v) is 20.1. The fraction of sp³-hybridized carbons (Fsp3) is 0.636. The first-order valence-corrected chi connectivity index (χ1v) is 11.7. The number of imide groups is 1. The Balaban J connectivity index is 1.99. The van der Waals surface area contributed by atoms with Gasteiger partial charge in [-0.15, -0.1) is 0 Å². The Kier molecular flexibility index (Phi) is 7.43. The van der Waals surface area contributed by atoms with E-state index in [2.05, 4.69) is 0 Å². The molecule has 8 nitrogen and oxygen atoms in total. The van der Waals surface area contributed by atoms with Crippen molar-refractivity contribution in [3.8, 4) is 0 Å². The number of hydrogen-bond acceptors (Lipinski definition) is 7. The summed E-state index contributed by atoms with van der Waals surface area (Å²) in [6.45, 7) is 12.2. The quantitative estimate of drug-likeness (QED) is 0.596. The van der Waals surface area contributed by atoms with E-state index in [0.29, 0.717) is 12.8 Å². The van der Waals surface area contributed by atoms with Crippen LogP contribution in [0.2, 0.25) is 0 Å². The molecule has 1 aromatic carbocycles. The first-order valence-electron chi connectivity index (χ1n) is 10.3. The van der Waals surface area contributed by atoms with Crippen LogP contribution in [0.5, 0.6) is 0 Å². The van der Waals surface area contributed by atoms with Gasteiger partial charge in [-0.3, -0.25) is 4.18 Å². The highest BCUT2D eigenvalue weighted by molar-refractivity contribution is 7.86. The van der Waals surface area contributed by atoms with Crippen LogP contribution in [-0.4, -0.2) is 49.4 Å². The minimum atomic E-state index is -3.87. The number of benzene rings is 1. The fourth-order valence-electron chi connectivity index (χ4n) is 2.96. The van der Waals surface area contributed by atoms with Crippen LogP contribution in [0.1, 0.15) is 59.9 Å². The average Bonchev–Trinajstić information content (AvgIpc) is 2.53. The van der Waals surface area contributed by atoms with Crippen molar-refractivity contribution in [2.24, 2.45) is 5.92 Å². The molecule has 0 radical (unpaired) electrons. The third-order valence-electron chi connectivity index (χ3n) is 4.43. The van der Waals surface area contributed by atoms with E-state index in [4.69, 9.17) is 13.7 Å². The number of hydrogen-bond donors (Lipinski definition) is 0. The molecule has 174 valence electrons. The van der Waals surface area contributed by atoms with Crippen molar-refractivity contribution < 1.29 is 31.7 Å². The van der Waals surface area contributed by atoms with Gasteiger partial charge in [0.05, 0.1) is 11.0 Å². The standard InChI is InChI=1S/C22H33NO7S/c1-15-8-10-18(11-9-15)31(26,27)30-17-12-16(13-17)14-23(19(24)28-21(2,3)4)20(25)29-22(5,6)7/h8-11,16-17H,12-14H2,1-7H3/t16-,17+. The zero-order valence-electron chi connectivity index (χ0n) is 19.3. The molecule has 0 heterocycles. The van der Waals surface area contributed by atoms with E-state index in [9.17, 15) is 18.0 Å². The Morgan fingerprint density at radius 2 is 1.39 bits per heavy atom. The summed E-state index contributed by atoms with van der Waals surface area (Å²) in [6, 6.07) is 6.43. The predicted molar refractivity (Wildman–Crippen MR) is 115 cm³/mol. The normalized spacial score (nSPS) is 19.3. The van der Waals surface area contributed by atoms with Gasteiger partial charge in [0.25, 0.3) is 10.1 Å². The second-order valence-corrected chi connectivity index (χ2v) is 11.5. The molecule has 0 aliphatic heterocycles. The molecule has 31 heavy (non-hydrogen) atoms. The Morgan fingerprint density at radius 3 is 1.81 bits per heavy atom. The molecule has 0 atom stereocenters. The van der Waals surface area contributed by atoms with Crippen LogP contribution in [-0.2, 0) is 23.8 Å². The van der Waals surface area contributed by atoms with E-state index in [-0.39, 0.29) is 17.4 Å². The lowest BCUT2D eigenvalue weighted by Crippen LogP contribution is -2.48. The Hall–Kier alpha value is -2.13. The lowest BCUT2D eigenvalue weighted by molar-refractivity contribution is -0.0122. The molecule has 1 aliphatic carbocycles. The molecule has 1 fully saturated rings. The highest BCUT2D eigenvalue weighted by atomic mass is 32.2. The summed E-state index contributed by atoms with van der Waals surface area (Å²) in [7, 11) is -3.87. The number of rotatable bonds is 5. The van der Waals surface area contributed by atoms with Crippen LogP contribution in [0.4, 0.5) is 9.59 Å². The molecule has 0 N–H and O–H groups in total. The number of aryl methyl sites for hydroxylation is 1. The van der Waals surface area contributed by atoms with Gasteiger partial charge in [-0.2, -0.15) is 8.42 Å². The minimum Gasteiger partial charge on any atom is -0.443 e. The van der Waals surface area contributed by atoms with Crippen molar-refractivity contribution in [3.05, 3.63) is 29.8 Å². The maximum Gasteiger partial charge on any atom is 0.419 e. The highest BCUT2D eigenvalue weighted by Gasteiger charge is 2.39. The van der Waals surface area contributed by atoms with Crippen LogP contribution >= 0.6 is 0 Å². The van der Waals surface area contributed by atoms with Crippen molar-refractivity contribution in [1.82, 2.24) is 4.90 Å². The number of carbonyl (C=O) groups is 2. The second-order valence-electron chi connectivity index (χ2n) is 9.89. The summed E-state index contributed by atoms with van der Waals surface area (Å²) >= 11 is 0. The van der Waals surface area contributed by atoms with Gasteiger partial charge >= 0.3 is 12.2 Å². The summed E-state index contributed by atoms with van der Waals surface area (Å²) in [4.78, 5) is 26.2. The fourth-order valence-corrected chi connectivity index (χ4v) is 4.05. The van der Waals surface area contributed by atoms with Gasteiger partial charge in [0.2, 0.25) is 0 Å². The Labute approximate surface area is 185 Å². The van der Waals surface area contributed by atoms with E-state index < -0.39 is 39.6 Å². The monoisotopic (exact) mass is 455 g/mol. The summed E-state index contributed by atoms with van der Waals surface area (Å²) in [6.07, 6.45) is -1.30. The SMILES string of the molecule is Cc1ccc(S(=O)(=O)O[C@H]2C[C@@H](CN(C(=O)OC(C)(C)C)C(=O)OC(C)(C)C)C2)cc1. The van der Waals surface area contributed by atoms with Crippen molar-refractivity contribution in [1.29, 1.82) is 0 Å². The molecule has 9 heteroatoms. The largest absolute Gasteiger partial charge is 0.443 e. The lowest BCUT2D eigenvalue weighted by atomic mass is 9.82. The van der Waals surface area contributed by atoms with Gasteiger partial charge in [0, 0.05) is 6.54 Å². The molecule has 0 bridgehead atoms. The van der Waals surface area contributed by atoms with Gasteiger partial charge in [-0.25, -0.2) is 14.5 Å². The third kappa shape index (κ3) is 7.81. The summed E-state index contributed by atoms with van der Waals surface area (Å²) in [5, 5.41) is 0. The molecule has 1 saturated carbocycles. The topological polar surface area (TPSA) is 99.2 Å². The Bertz CT molecular complexity index is 861. The van der Waals surface area contributed by atoms with Crippen LogP contribution in [0, 0.1) is 12.8 Å². The molecule has 0 unspecified atom stereocenters. The molecular weight excluding hydrogens is 422 g/mol. The molecule has 0 spiro atoms. The number of amides is 2. The first-order chi connectivity index (χ1) is 14.1. The van der Waals surface area contributed by atoms with E-state index in [0.717, 1.165) is 10.5 Å². The lowest BCUT2D eigenvalue weighted by Gasteiger charge is -2.37. The molecular formula is C22H33NO7S. The first kappa shape index (κ1) is 25.1. The summed E-state index contributed by atoms with van der Waals surface area (Å²) < 4.78 is 40.8. The predicted octanol–water partition coefficient (Wildman–Crippen LogP) is 4.65. The number of carbonyl (C=O) groups excluding carboxylic acids is 2.